The number of hydrogen-bond acceptors (Lipinski definition) is 3. The van der Waals surface area contributed by atoms with Crippen LogP contribution in [0.2, 0.25) is 0 Å². The summed E-state index contributed by atoms with van der Waals surface area (Å²) in [4.78, 5) is 2.42. The Morgan fingerprint density at radius 2 is 2.44 bits per heavy atom. The fourth-order valence-corrected chi connectivity index (χ4v) is 2.95. The van der Waals surface area contributed by atoms with Gasteiger partial charge < -0.3 is 5.11 Å². The summed E-state index contributed by atoms with van der Waals surface area (Å²) >= 11 is 2.28. The van der Waals surface area contributed by atoms with Gasteiger partial charge in [0.25, 0.3) is 0 Å². The molecule has 0 spiro atoms. The molecule has 16 heavy (non-hydrogen) atoms. The maximum atomic E-state index is 9.19. The lowest BCUT2D eigenvalue weighted by molar-refractivity contribution is 0.115. The molecule has 1 aromatic heterocycles. The van der Waals surface area contributed by atoms with Gasteiger partial charge in [-0.05, 0) is 47.9 Å². The van der Waals surface area contributed by atoms with Gasteiger partial charge in [0.05, 0.1) is 0 Å². The van der Waals surface area contributed by atoms with Gasteiger partial charge in [-0.25, -0.2) is 0 Å². The number of hydrogen-bond donors (Lipinski definition) is 1. The predicted octanol–water partition coefficient (Wildman–Crippen LogP) is 1.23. The molecule has 4 nitrogen and oxygen atoms in total. The second-order valence-corrected chi connectivity index (χ2v) is 5.57. The van der Waals surface area contributed by atoms with Crippen molar-refractivity contribution >= 4 is 22.6 Å². The summed E-state index contributed by atoms with van der Waals surface area (Å²) in [6.07, 6.45) is 4.45. The highest BCUT2D eigenvalue weighted by Gasteiger charge is 2.20. The number of halogens is 1. The Hall–Kier alpha value is -0.140. The van der Waals surface area contributed by atoms with Crippen LogP contribution in [0.15, 0.2) is 6.20 Å². The monoisotopic (exact) mass is 335 g/mol. The fourth-order valence-electron chi connectivity index (χ4n) is 2.30. The molecule has 0 bridgehead atoms. The minimum absolute atomic E-state index is 0.320. The quantitative estimate of drug-likeness (QED) is 0.845. The van der Waals surface area contributed by atoms with Gasteiger partial charge in [-0.1, -0.05) is 0 Å². The maximum absolute atomic E-state index is 9.19. The highest BCUT2D eigenvalue weighted by molar-refractivity contribution is 14.1. The lowest BCUT2D eigenvalue weighted by atomic mass is 9.99. The van der Waals surface area contributed by atoms with Crippen molar-refractivity contribution in [3.8, 4) is 0 Å². The van der Waals surface area contributed by atoms with Crippen LogP contribution in [0.5, 0.6) is 0 Å². The fraction of sp³-hybridized carbons (Fsp3) is 0.727. The van der Waals surface area contributed by atoms with E-state index in [2.05, 4.69) is 38.8 Å². The molecular formula is C11H18IN3O. The lowest BCUT2D eigenvalue weighted by Gasteiger charge is -2.31. The van der Waals surface area contributed by atoms with E-state index in [-0.39, 0.29) is 0 Å². The normalized spacial score (nSPS) is 22.6. The van der Waals surface area contributed by atoms with E-state index in [4.69, 9.17) is 0 Å². The second-order valence-electron chi connectivity index (χ2n) is 4.54. The number of nitrogens with zero attached hydrogens (tertiary/aromatic N) is 3. The molecule has 1 aliphatic heterocycles. The van der Waals surface area contributed by atoms with E-state index in [1.54, 1.807) is 0 Å². The lowest BCUT2D eigenvalue weighted by Crippen LogP contribution is -2.36. The first kappa shape index (κ1) is 12.3. The molecule has 1 saturated heterocycles. The van der Waals surface area contributed by atoms with Crippen molar-refractivity contribution in [3.63, 3.8) is 0 Å². The van der Waals surface area contributed by atoms with Crippen LogP contribution in [-0.2, 0) is 13.6 Å². The zero-order chi connectivity index (χ0) is 11.5. The summed E-state index contributed by atoms with van der Waals surface area (Å²) in [5.74, 6) is 0.461. The third kappa shape index (κ3) is 2.95. The summed E-state index contributed by atoms with van der Waals surface area (Å²) in [5.41, 5.74) is 1.29. The van der Waals surface area contributed by atoms with Crippen LogP contribution in [0, 0.1) is 9.62 Å². The van der Waals surface area contributed by atoms with E-state index in [1.807, 2.05) is 11.7 Å². The number of likely N-dealkylation sites (tertiary alicyclic amines) is 1. The van der Waals surface area contributed by atoms with Gasteiger partial charge in [-0.3, -0.25) is 9.58 Å². The van der Waals surface area contributed by atoms with Crippen molar-refractivity contribution < 1.29 is 5.11 Å². The molecule has 1 N–H and O–H groups in total. The third-order valence-electron chi connectivity index (χ3n) is 3.11. The Labute approximate surface area is 110 Å². The van der Waals surface area contributed by atoms with Crippen LogP contribution >= 0.6 is 22.6 Å². The minimum Gasteiger partial charge on any atom is -0.396 e. The van der Waals surface area contributed by atoms with Crippen LogP contribution in [0.3, 0.4) is 0 Å². The number of rotatable bonds is 3. The molecule has 2 rings (SSSR count). The molecule has 5 heteroatoms. The zero-order valence-electron chi connectivity index (χ0n) is 9.56. The molecule has 1 atom stereocenters. The van der Waals surface area contributed by atoms with Gasteiger partial charge in [0, 0.05) is 38.5 Å². The number of aromatic nitrogens is 2. The molecule has 0 radical (unpaired) electrons. The summed E-state index contributed by atoms with van der Waals surface area (Å²) in [5, 5.41) is 13.5. The first-order chi connectivity index (χ1) is 7.69. The SMILES string of the molecule is Cn1cc(CN2CCC[C@@H](CO)C2)c(I)n1. The molecule has 1 aliphatic rings. The van der Waals surface area contributed by atoms with Crippen LogP contribution in [0.4, 0.5) is 0 Å². The van der Waals surface area contributed by atoms with Crippen LogP contribution in [0.25, 0.3) is 0 Å². The van der Waals surface area contributed by atoms with Crippen LogP contribution < -0.4 is 0 Å². The van der Waals surface area contributed by atoms with Gasteiger partial charge in [-0.15, -0.1) is 0 Å². The van der Waals surface area contributed by atoms with Crippen molar-refractivity contribution in [3.05, 3.63) is 15.5 Å². The van der Waals surface area contributed by atoms with Gasteiger partial charge in [0.1, 0.15) is 3.70 Å². The minimum atomic E-state index is 0.320. The van der Waals surface area contributed by atoms with E-state index in [0.717, 1.165) is 29.8 Å². The Morgan fingerprint density at radius 1 is 1.62 bits per heavy atom. The molecule has 2 heterocycles. The standard InChI is InChI=1S/C11H18IN3O/c1-14-6-10(11(12)13-14)7-15-4-2-3-9(5-15)8-16/h6,9,16H,2-5,7-8H2,1H3/t9-/m1/s1. The van der Waals surface area contributed by atoms with Gasteiger partial charge in [0.2, 0.25) is 0 Å². The van der Waals surface area contributed by atoms with Crippen molar-refractivity contribution in [1.82, 2.24) is 14.7 Å². The molecule has 0 unspecified atom stereocenters. The molecule has 90 valence electrons. The zero-order valence-corrected chi connectivity index (χ0v) is 11.7. The molecule has 0 saturated carbocycles. The van der Waals surface area contributed by atoms with E-state index in [9.17, 15) is 5.11 Å². The van der Waals surface area contributed by atoms with Crippen molar-refractivity contribution in [2.24, 2.45) is 13.0 Å². The largest absolute Gasteiger partial charge is 0.396 e. The highest BCUT2D eigenvalue weighted by atomic mass is 127. The average molecular weight is 335 g/mol. The van der Waals surface area contributed by atoms with Crippen molar-refractivity contribution in [1.29, 1.82) is 0 Å². The van der Waals surface area contributed by atoms with Crippen LogP contribution in [-0.4, -0.2) is 39.5 Å². The molecule has 1 aromatic rings. The van der Waals surface area contributed by atoms with Gasteiger partial charge >= 0.3 is 0 Å². The van der Waals surface area contributed by atoms with E-state index in [0.29, 0.717) is 12.5 Å². The smallest absolute Gasteiger partial charge is 0.127 e. The number of aliphatic hydroxyl groups is 1. The maximum Gasteiger partial charge on any atom is 0.127 e. The van der Waals surface area contributed by atoms with Crippen LogP contribution in [0.1, 0.15) is 18.4 Å². The Balaban J connectivity index is 1.96. The number of aliphatic hydroxyl groups excluding tert-OH is 1. The third-order valence-corrected chi connectivity index (χ3v) is 4.02. The molecule has 0 aliphatic carbocycles. The van der Waals surface area contributed by atoms with Crippen molar-refractivity contribution in [2.75, 3.05) is 19.7 Å². The van der Waals surface area contributed by atoms with Gasteiger partial charge in [0.15, 0.2) is 0 Å². The van der Waals surface area contributed by atoms with Crippen molar-refractivity contribution in [2.45, 2.75) is 19.4 Å². The Kier molecular flexibility index (Phi) is 4.21. The van der Waals surface area contributed by atoms with E-state index >= 15 is 0 Å². The molecule has 1 fully saturated rings. The molecule has 0 aromatic carbocycles. The predicted molar refractivity (Wildman–Crippen MR) is 71.0 cm³/mol. The summed E-state index contributed by atoms with van der Waals surface area (Å²) in [7, 11) is 1.96. The highest BCUT2D eigenvalue weighted by Crippen LogP contribution is 2.19. The Bertz CT molecular complexity index is 353. The first-order valence-electron chi connectivity index (χ1n) is 5.70. The first-order valence-corrected chi connectivity index (χ1v) is 6.78. The molecular weight excluding hydrogens is 317 g/mol. The average Bonchev–Trinajstić information content (AvgIpc) is 2.58. The number of aryl methyl sites for hydroxylation is 1. The van der Waals surface area contributed by atoms with E-state index < -0.39 is 0 Å². The van der Waals surface area contributed by atoms with E-state index in [1.165, 1.54) is 12.0 Å². The summed E-state index contributed by atoms with van der Waals surface area (Å²) < 4.78 is 2.95. The summed E-state index contributed by atoms with van der Waals surface area (Å²) in [6, 6.07) is 0. The second kappa shape index (κ2) is 5.46. The molecule has 0 amide bonds. The summed E-state index contributed by atoms with van der Waals surface area (Å²) in [6.45, 7) is 3.44. The topological polar surface area (TPSA) is 41.3 Å². The van der Waals surface area contributed by atoms with Gasteiger partial charge in [-0.2, -0.15) is 5.10 Å². The Morgan fingerprint density at radius 3 is 3.06 bits per heavy atom. The number of piperidine rings is 1.